The van der Waals surface area contributed by atoms with E-state index in [0.29, 0.717) is 16.3 Å². The summed E-state index contributed by atoms with van der Waals surface area (Å²) >= 11 is 12.1. The molecule has 0 saturated carbocycles. The normalized spacial score (nSPS) is 18.0. The van der Waals surface area contributed by atoms with E-state index in [-0.39, 0.29) is 24.0 Å². The zero-order chi connectivity index (χ0) is 22.8. The summed E-state index contributed by atoms with van der Waals surface area (Å²) in [4.78, 5) is 13.0. The van der Waals surface area contributed by atoms with Crippen molar-refractivity contribution < 1.29 is 19.7 Å². The molecule has 1 aliphatic rings. The first-order valence-corrected chi connectivity index (χ1v) is 10.8. The first-order chi connectivity index (χ1) is 15.4. The Labute approximate surface area is 195 Å². The predicted octanol–water partition coefficient (Wildman–Crippen LogP) is 4.07. The molecule has 1 heterocycles. The van der Waals surface area contributed by atoms with Crippen molar-refractivity contribution in [1.82, 2.24) is 0 Å². The highest BCUT2D eigenvalue weighted by molar-refractivity contribution is 6.37. The standard InChI is InChI=1S/C24H22Cl2N2O4/c25-15-5-7-18(20(26)10-15)23(31)24-22(27)19-6-4-14(9-21(19)32-24)13-2-1-3-16(8-13)28-11-17(30)12-29/h1-10,17,22,24,28-30H,11-12,27H2/t17-,22?,24?/m0/s1. The van der Waals surface area contributed by atoms with E-state index in [1.54, 1.807) is 12.1 Å². The van der Waals surface area contributed by atoms with Gasteiger partial charge >= 0.3 is 0 Å². The molecule has 6 nitrogen and oxygen atoms in total. The number of fused-ring (bicyclic) bond motifs is 1. The maximum absolute atomic E-state index is 13.0. The summed E-state index contributed by atoms with van der Waals surface area (Å²) in [5.41, 5.74) is 10.0. The number of ether oxygens (including phenoxy) is 1. The number of hydrogen-bond acceptors (Lipinski definition) is 6. The summed E-state index contributed by atoms with van der Waals surface area (Å²) < 4.78 is 5.96. The van der Waals surface area contributed by atoms with E-state index in [2.05, 4.69) is 5.32 Å². The molecule has 5 N–H and O–H groups in total. The predicted molar refractivity (Wildman–Crippen MR) is 126 cm³/mol. The second-order valence-electron chi connectivity index (χ2n) is 7.60. The summed E-state index contributed by atoms with van der Waals surface area (Å²) in [5.74, 6) is 0.248. The van der Waals surface area contributed by atoms with Gasteiger partial charge in [0, 0.05) is 28.4 Å². The fourth-order valence-corrected chi connectivity index (χ4v) is 4.13. The highest BCUT2D eigenvalue weighted by Gasteiger charge is 2.38. The Balaban J connectivity index is 1.56. The van der Waals surface area contributed by atoms with Gasteiger partial charge in [-0.2, -0.15) is 0 Å². The van der Waals surface area contributed by atoms with Crippen molar-refractivity contribution in [3.8, 4) is 16.9 Å². The number of carbonyl (C=O) groups excluding carboxylic acids is 1. The number of nitrogens with two attached hydrogens (primary N) is 1. The fourth-order valence-electron chi connectivity index (χ4n) is 3.63. The average molecular weight is 473 g/mol. The topological polar surface area (TPSA) is 105 Å². The zero-order valence-electron chi connectivity index (χ0n) is 17.0. The van der Waals surface area contributed by atoms with Crippen LogP contribution in [-0.4, -0.2) is 41.4 Å². The summed E-state index contributed by atoms with van der Waals surface area (Å²) in [6.45, 7) is -0.0740. The minimum atomic E-state index is -0.883. The quantitative estimate of drug-likeness (QED) is 0.386. The molecule has 0 aromatic heterocycles. The van der Waals surface area contributed by atoms with Gasteiger partial charge in [0.05, 0.1) is 23.8 Å². The van der Waals surface area contributed by atoms with Crippen LogP contribution in [0.3, 0.4) is 0 Å². The molecule has 2 unspecified atom stereocenters. The fraction of sp³-hybridized carbons (Fsp3) is 0.208. The van der Waals surface area contributed by atoms with Gasteiger partial charge in [-0.05, 0) is 47.5 Å². The molecule has 0 saturated heterocycles. The van der Waals surface area contributed by atoms with Gasteiger partial charge in [-0.25, -0.2) is 0 Å². The highest BCUT2D eigenvalue weighted by Crippen LogP contribution is 2.40. The lowest BCUT2D eigenvalue weighted by Gasteiger charge is -2.15. The molecule has 8 heteroatoms. The van der Waals surface area contributed by atoms with Crippen LogP contribution >= 0.6 is 23.2 Å². The number of carbonyl (C=O) groups is 1. The van der Waals surface area contributed by atoms with Gasteiger partial charge in [-0.15, -0.1) is 0 Å². The molecule has 0 radical (unpaired) electrons. The number of hydrogen-bond donors (Lipinski definition) is 4. The van der Waals surface area contributed by atoms with Crippen LogP contribution < -0.4 is 15.8 Å². The smallest absolute Gasteiger partial charge is 0.206 e. The van der Waals surface area contributed by atoms with Crippen molar-refractivity contribution in [2.24, 2.45) is 5.73 Å². The summed E-state index contributed by atoms with van der Waals surface area (Å²) in [5, 5.41) is 22.3. The number of rotatable bonds is 7. The van der Waals surface area contributed by atoms with E-state index in [0.717, 1.165) is 22.4 Å². The van der Waals surface area contributed by atoms with E-state index in [4.69, 9.17) is 38.8 Å². The summed E-state index contributed by atoms with van der Waals surface area (Å²) in [6.07, 6.45) is -1.72. The summed E-state index contributed by atoms with van der Waals surface area (Å²) in [7, 11) is 0. The van der Waals surface area contributed by atoms with Crippen LogP contribution in [0.2, 0.25) is 10.0 Å². The Morgan fingerprint density at radius 1 is 1.09 bits per heavy atom. The lowest BCUT2D eigenvalue weighted by atomic mass is 9.96. The zero-order valence-corrected chi connectivity index (χ0v) is 18.5. The van der Waals surface area contributed by atoms with Crippen LogP contribution in [0, 0.1) is 0 Å². The second-order valence-corrected chi connectivity index (χ2v) is 8.45. The monoisotopic (exact) mass is 472 g/mol. The molecule has 4 rings (SSSR count). The van der Waals surface area contributed by atoms with Crippen molar-refractivity contribution in [3.63, 3.8) is 0 Å². The molecule has 166 valence electrons. The lowest BCUT2D eigenvalue weighted by Crippen LogP contribution is -2.33. The van der Waals surface area contributed by atoms with Crippen molar-refractivity contribution in [1.29, 1.82) is 0 Å². The molecule has 0 bridgehead atoms. The molecule has 0 aliphatic carbocycles. The molecule has 0 spiro atoms. The minimum Gasteiger partial charge on any atom is -0.480 e. The number of benzene rings is 3. The van der Waals surface area contributed by atoms with Crippen LogP contribution in [0.4, 0.5) is 5.69 Å². The Morgan fingerprint density at radius 3 is 2.62 bits per heavy atom. The van der Waals surface area contributed by atoms with Crippen LogP contribution in [0.25, 0.3) is 11.1 Å². The summed E-state index contributed by atoms with van der Waals surface area (Å²) in [6, 6.07) is 17.3. The maximum Gasteiger partial charge on any atom is 0.206 e. The number of ketones is 1. The van der Waals surface area contributed by atoms with Crippen molar-refractivity contribution in [2.45, 2.75) is 18.2 Å². The van der Waals surface area contributed by atoms with Crippen molar-refractivity contribution >= 4 is 34.7 Å². The molecule has 0 amide bonds. The Kier molecular flexibility index (Phi) is 6.69. The molecule has 1 aliphatic heterocycles. The molecule has 0 fully saturated rings. The van der Waals surface area contributed by atoms with E-state index in [1.807, 2.05) is 42.5 Å². The lowest BCUT2D eigenvalue weighted by molar-refractivity contribution is 0.0795. The van der Waals surface area contributed by atoms with E-state index < -0.39 is 18.2 Å². The SMILES string of the molecule is NC1c2ccc(-c3cccc(NC[C@H](O)CO)c3)cc2OC1C(=O)c1ccc(Cl)cc1Cl. The van der Waals surface area contributed by atoms with Crippen molar-refractivity contribution in [3.05, 3.63) is 81.8 Å². The van der Waals surface area contributed by atoms with E-state index in [9.17, 15) is 9.90 Å². The Bertz CT molecular complexity index is 1150. The molecule has 3 aromatic rings. The van der Waals surface area contributed by atoms with Gasteiger partial charge in [0.1, 0.15) is 5.75 Å². The number of aliphatic hydroxyl groups is 2. The average Bonchev–Trinajstić information content (AvgIpc) is 3.13. The number of halogens is 2. The maximum atomic E-state index is 13.0. The number of Topliss-reactive ketones (excluding diaryl/α,β-unsaturated/α-hetero) is 1. The van der Waals surface area contributed by atoms with Crippen LogP contribution in [0.5, 0.6) is 5.75 Å². The molecular weight excluding hydrogens is 451 g/mol. The van der Waals surface area contributed by atoms with Gasteiger partial charge < -0.3 is 26.0 Å². The molecule has 3 atom stereocenters. The largest absolute Gasteiger partial charge is 0.480 e. The first-order valence-electron chi connectivity index (χ1n) is 10.1. The second kappa shape index (κ2) is 9.48. The number of aliphatic hydroxyl groups excluding tert-OH is 2. The minimum absolute atomic E-state index is 0.235. The van der Waals surface area contributed by atoms with E-state index >= 15 is 0 Å². The molecule has 32 heavy (non-hydrogen) atoms. The third-order valence-corrected chi connectivity index (χ3v) is 5.90. The van der Waals surface area contributed by atoms with E-state index in [1.165, 1.54) is 6.07 Å². The third kappa shape index (κ3) is 4.60. The molecule has 3 aromatic carbocycles. The number of nitrogens with one attached hydrogen (secondary N) is 1. The Morgan fingerprint density at radius 2 is 1.88 bits per heavy atom. The van der Waals surface area contributed by atoms with Crippen LogP contribution in [-0.2, 0) is 0 Å². The third-order valence-electron chi connectivity index (χ3n) is 5.36. The highest BCUT2D eigenvalue weighted by atomic mass is 35.5. The van der Waals surface area contributed by atoms with Crippen LogP contribution in [0.1, 0.15) is 22.0 Å². The van der Waals surface area contributed by atoms with Crippen LogP contribution in [0.15, 0.2) is 60.7 Å². The van der Waals surface area contributed by atoms with Gasteiger partial charge in [0.15, 0.2) is 6.10 Å². The van der Waals surface area contributed by atoms with Crippen molar-refractivity contribution in [2.75, 3.05) is 18.5 Å². The molecular formula is C24H22Cl2N2O4. The van der Waals surface area contributed by atoms with Gasteiger partial charge in [-0.1, -0.05) is 47.5 Å². The number of anilines is 1. The Hall–Kier alpha value is -2.61. The van der Waals surface area contributed by atoms with Gasteiger partial charge in [0.2, 0.25) is 5.78 Å². The van der Waals surface area contributed by atoms with Gasteiger partial charge in [0.25, 0.3) is 0 Å². The first kappa shape index (κ1) is 22.6. The van der Waals surface area contributed by atoms with Gasteiger partial charge in [-0.3, -0.25) is 4.79 Å².